The van der Waals surface area contributed by atoms with Gasteiger partial charge in [0.1, 0.15) is 4.90 Å². The van der Waals surface area contributed by atoms with Gasteiger partial charge in [-0.3, -0.25) is 4.72 Å². The van der Waals surface area contributed by atoms with Crippen LogP contribution in [0.25, 0.3) is 0 Å². The first-order chi connectivity index (χ1) is 12.7. The van der Waals surface area contributed by atoms with Gasteiger partial charge in [0.05, 0.1) is 23.1 Å². The Bertz CT molecular complexity index is 1030. The van der Waals surface area contributed by atoms with Gasteiger partial charge in [-0.1, -0.05) is 23.2 Å². The van der Waals surface area contributed by atoms with Crippen LogP contribution in [0.4, 0.5) is 5.69 Å². The van der Waals surface area contributed by atoms with Crippen molar-refractivity contribution < 1.29 is 21.6 Å². The number of halogens is 2. The summed E-state index contributed by atoms with van der Waals surface area (Å²) in [6.07, 6.45) is 0. The van der Waals surface area contributed by atoms with Crippen LogP contribution in [0.1, 0.15) is 0 Å². The highest BCUT2D eigenvalue weighted by Gasteiger charge is 2.26. The maximum Gasteiger partial charge on any atom is 0.263 e. The maximum absolute atomic E-state index is 12.6. The Morgan fingerprint density at radius 1 is 0.926 bits per heavy atom. The molecule has 2 aromatic carbocycles. The molecule has 3 rings (SSSR count). The van der Waals surface area contributed by atoms with Crippen molar-refractivity contribution in [3.63, 3.8) is 0 Å². The number of nitrogens with one attached hydrogen (secondary N) is 1. The summed E-state index contributed by atoms with van der Waals surface area (Å²) in [5.74, 6) is 0. The van der Waals surface area contributed by atoms with E-state index in [9.17, 15) is 16.8 Å². The van der Waals surface area contributed by atoms with Crippen LogP contribution in [0.5, 0.6) is 0 Å². The topological polar surface area (TPSA) is 92.8 Å². The van der Waals surface area contributed by atoms with Crippen LogP contribution in [0.3, 0.4) is 0 Å². The minimum atomic E-state index is -3.98. The molecule has 0 amide bonds. The summed E-state index contributed by atoms with van der Waals surface area (Å²) >= 11 is 11.8. The number of nitrogens with zero attached hydrogens (tertiary/aromatic N) is 1. The number of anilines is 1. The zero-order valence-corrected chi connectivity index (χ0v) is 17.1. The number of benzene rings is 2. The zero-order valence-electron chi connectivity index (χ0n) is 13.9. The normalized spacial score (nSPS) is 16.2. The average molecular weight is 451 g/mol. The van der Waals surface area contributed by atoms with Crippen LogP contribution in [-0.4, -0.2) is 47.4 Å². The number of rotatable bonds is 5. The van der Waals surface area contributed by atoms with Crippen LogP contribution in [0.2, 0.25) is 10.0 Å². The molecule has 146 valence electrons. The van der Waals surface area contributed by atoms with Crippen molar-refractivity contribution in [1.29, 1.82) is 0 Å². The monoisotopic (exact) mass is 450 g/mol. The largest absolute Gasteiger partial charge is 0.379 e. The fourth-order valence-corrected chi connectivity index (χ4v) is 5.75. The van der Waals surface area contributed by atoms with E-state index in [2.05, 4.69) is 4.72 Å². The van der Waals surface area contributed by atoms with Crippen LogP contribution < -0.4 is 4.72 Å². The summed E-state index contributed by atoms with van der Waals surface area (Å²) in [5, 5.41) is 0.255. The van der Waals surface area contributed by atoms with Gasteiger partial charge >= 0.3 is 0 Å². The number of ether oxygens (including phenoxy) is 1. The van der Waals surface area contributed by atoms with E-state index in [0.717, 1.165) is 0 Å². The van der Waals surface area contributed by atoms with Crippen molar-refractivity contribution in [3.05, 3.63) is 52.5 Å². The van der Waals surface area contributed by atoms with Crippen LogP contribution in [0, 0.1) is 0 Å². The lowest BCUT2D eigenvalue weighted by Crippen LogP contribution is -2.40. The average Bonchev–Trinajstić information content (AvgIpc) is 2.64. The van der Waals surface area contributed by atoms with E-state index in [1.165, 1.54) is 46.8 Å². The van der Waals surface area contributed by atoms with Gasteiger partial charge in [-0.2, -0.15) is 4.31 Å². The zero-order chi connectivity index (χ0) is 19.7. The van der Waals surface area contributed by atoms with Crippen molar-refractivity contribution >= 4 is 48.9 Å². The molecule has 1 fully saturated rings. The van der Waals surface area contributed by atoms with E-state index in [0.29, 0.717) is 13.2 Å². The van der Waals surface area contributed by atoms with E-state index in [-0.39, 0.29) is 38.6 Å². The molecular weight excluding hydrogens is 435 g/mol. The summed E-state index contributed by atoms with van der Waals surface area (Å²) < 4.78 is 59.1. The summed E-state index contributed by atoms with van der Waals surface area (Å²) in [7, 11) is -7.63. The van der Waals surface area contributed by atoms with Gasteiger partial charge in [-0.25, -0.2) is 16.8 Å². The van der Waals surface area contributed by atoms with Crippen LogP contribution in [0.15, 0.2) is 52.3 Å². The molecule has 0 aromatic heterocycles. The lowest BCUT2D eigenvalue weighted by molar-refractivity contribution is 0.0730. The fraction of sp³-hybridized carbons (Fsp3) is 0.250. The van der Waals surface area contributed by atoms with Crippen LogP contribution >= 0.6 is 23.2 Å². The molecule has 27 heavy (non-hydrogen) atoms. The lowest BCUT2D eigenvalue weighted by Gasteiger charge is -2.26. The predicted molar refractivity (Wildman–Crippen MR) is 103 cm³/mol. The summed E-state index contributed by atoms with van der Waals surface area (Å²) in [6, 6.07) is 9.56. The minimum Gasteiger partial charge on any atom is -0.379 e. The molecule has 0 aliphatic carbocycles. The van der Waals surface area contributed by atoms with Gasteiger partial charge in [0.25, 0.3) is 10.0 Å². The number of hydrogen-bond donors (Lipinski definition) is 1. The molecule has 1 N–H and O–H groups in total. The predicted octanol–water partition coefficient (Wildman–Crippen LogP) is 2.82. The third-order valence-corrected chi connectivity index (χ3v) is 7.91. The van der Waals surface area contributed by atoms with Crippen molar-refractivity contribution in [2.45, 2.75) is 9.79 Å². The molecular formula is C16H16Cl2N2O5S2. The maximum atomic E-state index is 12.6. The van der Waals surface area contributed by atoms with Gasteiger partial charge < -0.3 is 4.74 Å². The standard InChI is InChI=1S/C16H16Cl2N2O5S2/c17-12-1-6-15(18)16(11-12)26(21,22)19-13-2-4-14(5-3-13)27(23,24)20-7-9-25-10-8-20/h1-6,11,19H,7-10H2. The molecule has 0 unspecified atom stereocenters. The SMILES string of the molecule is O=S(=O)(Nc1ccc(S(=O)(=O)N2CCOCC2)cc1)c1cc(Cl)ccc1Cl. The van der Waals surface area contributed by atoms with Crippen LogP contribution in [-0.2, 0) is 24.8 Å². The highest BCUT2D eigenvalue weighted by atomic mass is 35.5. The van der Waals surface area contributed by atoms with Gasteiger partial charge in [-0.15, -0.1) is 0 Å². The minimum absolute atomic E-state index is 0.0263. The van der Waals surface area contributed by atoms with E-state index >= 15 is 0 Å². The first-order valence-electron chi connectivity index (χ1n) is 7.86. The summed E-state index contributed by atoms with van der Waals surface area (Å²) in [6.45, 7) is 1.25. The molecule has 2 aromatic rings. The Morgan fingerprint density at radius 2 is 1.56 bits per heavy atom. The Kier molecular flexibility index (Phi) is 5.99. The van der Waals surface area contributed by atoms with Gasteiger partial charge in [0.2, 0.25) is 10.0 Å². The van der Waals surface area contributed by atoms with E-state index in [4.69, 9.17) is 27.9 Å². The highest BCUT2D eigenvalue weighted by Crippen LogP contribution is 2.27. The molecule has 1 aliphatic heterocycles. The third kappa shape index (κ3) is 4.56. The van der Waals surface area contributed by atoms with Crippen molar-refractivity contribution in [1.82, 2.24) is 4.31 Å². The number of morpholine rings is 1. The third-order valence-electron chi connectivity index (χ3n) is 3.90. The summed E-state index contributed by atoms with van der Waals surface area (Å²) in [5.41, 5.74) is 0.201. The fourth-order valence-electron chi connectivity index (χ4n) is 2.52. The molecule has 0 spiro atoms. The van der Waals surface area contributed by atoms with Gasteiger partial charge in [-0.05, 0) is 42.5 Å². The first-order valence-corrected chi connectivity index (χ1v) is 11.5. The van der Waals surface area contributed by atoms with Crippen molar-refractivity contribution in [2.75, 3.05) is 31.0 Å². The Hall–Kier alpha value is -1.36. The van der Waals surface area contributed by atoms with Crippen molar-refractivity contribution in [3.8, 4) is 0 Å². The highest BCUT2D eigenvalue weighted by molar-refractivity contribution is 7.92. The van der Waals surface area contributed by atoms with Gasteiger partial charge in [0, 0.05) is 23.8 Å². The Morgan fingerprint density at radius 3 is 2.19 bits per heavy atom. The molecule has 1 saturated heterocycles. The van der Waals surface area contributed by atoms with E-state index in [1.54, 1.807) is 0 Å². The Balaban J connectivity index is 1.82. The molecule has 0 atom stereocenters. The molecule has 11 heteroatoms. The quantitative estimate of drug-likeness (QED) is 0.755. The number of hydrogen-bond acceptors (Lipinski definition) is 5. The second-order valence-electron chi connectivity index (χ2n) is 5.72. The van der Waals surface area contributed by atoms with Gasteiger partial charge in [0.15, 0.2) is 0 Å². The molecule has 1 heterocycles. The molecule has 7 nitrogen and oxygen atoms in total. The van der Waals surface area contributed by atoms with Crippen molar-refractivity contribution in [2.24, 2.45) is 0 Å². The second kappa shape index (κ2) is 7.94. The summed E-state index contributed by atoms with van der Waals surface area (Å²) in [4.78, 5) is -0.0881. The number of sulfonamides is 2. The second-order valence-corrected chi connectivity index (χ2v) is 10.2. The lowest BCUT2D eigenvalue weighted by atomic mass is 10.3. The van der Waals surface area contributed by atoms with E-state index < -0.39 is 20.0 Å². The Labute approximate surface area is 167 Å². The molecule has 0 saturated carbocycles. The van der Waals surface area contributed by atoms with E-state index in [1.807, 2.05) is 0 Å². The molecule has 0 bridgehead atoms. The molecule has 0 radical (unpaired) electrons. The smallest absolute Gasteiger partial charge is 0.263 e. The first kappa shape index (κ1) is 20.4. The molecule has 1 aliphatic rings.